The van der Waals surface area contributed by atoms with Crippen LogP contribution >= 0.6 is 0 Å². The highest BCUT2D eigenvalue weighted by Crippen LogP contribution is 2.36. The van der Waals surface area contributed by atoms with Crippen LogP contribution in [0.15, 0.2) is 12.1 Å². The Morgan fingerprint density at radius 3 is 2.38 bits per heavy atom. The lowest BCUT2D eigenvalue weighted by atomic mass is 9.95. The van der Waals surface area contributed by atoms with E-state index in [0.717, 1.165) is 31.7 Å². The normalized spacial score (nSPS) is 16.6. The van der Waals surface area contributed by atoms with E-state index in [9.17, 15) is 13.6 Å². The molecule has 0 radical (unpaired) electrons. The Hall–Kier alpha value is -1.45. The molecule has 0 bridgehead atoms. The average molecular weight is 226 g/mol. The Bertz CT molecular complexity index is 423. The van der Waals surface area contributed by atoms with Crippen molar-refractivity contribution in [2.45, 2.75) is 31.6 Å². The second-order valence-electron chi connectivity index (χ2n) is 4.12. The molecule has 1 aliphatic carbocycles. The summed E-state index contributed by atoms with van der Waals surface area (Å²) in [5.74, 6) is -3.63. The molecular weight excluding hydrogens is 214 g/mol. The van der Waals surface area contributed by atoms with Crippen molar-refractivity contribution in [3.05, 3.63) is 34.9 Å². The monoisotopic (exact) mass is 226 g/mol. The molecule has 16 heavy (non-hydrogen) atoms. The number of carboxylic acids is 1. The van der Waals surface area contributed by atoms with E-state index < -0.39 is 23.2 Å². The first-order valence-corrected chi connectivity index (χ1v) is 5.32. The molecule has 0 aliphatic heterocycles. The van der Waals surface area contributed by atoms with E-state index in [1.165, 1.54) is 6.07 Å². The Kier molecular flexibility index (Phi) is 2.90. The van der Waals surface area contributed by atoms with Gasteiger partial charge in [-0.25, -0.2) is 13.6 Å². The predicted molar refractivity (Wildman–Crippen MR) is 54.5 cm³/mol. The number of benzene rings is 1. The van der Waals surface area contributed by atoms with Gasteiger partial charge in [0.25, 0.3) is 0 Å². The molecule has 0 saturated heterocycles. The van der Waals surface area contributed by atoms with Gasteiger partial charge in [0.2, 0.25) is 0 Å². The molecule has 0 aromatic heterocycles. The van der Waals surface area contributed by atoms with Crippen LogP contribution in [0.2, 0.25) is 0 Å². The minimum absolute atomic E-state index is 0.0392. The number of carboxylic acid groups (broad SMARTS) is 1. The van der Waals surface area contributed by atoms with E-state index in [0.29, 0.717) is 5.56 Å². The summed E-state index contributed by atoms with van der Waals surface area (Å²) in [6, 6.07) is 2.55. The van der Waals surface area contributed by atoms with Gasteiger partial charge in [-0.15, -0.1) is 0 Å². The smallest absolute Gasteiger partial charge is 0.338 e. The van der Waals surface area contributed by atoms with Crippen molar-refractivity contribution in [3.63, 3.8) is 0 Å². The third-order valence-corrected chi connectivity index (χ3v) is 3.14. The second-order valence-corrected chi connectivity index (χ2v) is 4.12. The van der Waals surface area contributed by atoms with Crippen LogP contribution in [0, 0.1) is 11.6 Å². The average Bonchev–Trinajstić information content (AvgIpc) is 2.74. The van der Waals surface area contributed by atoms with Crippen LogP contribution in [0.3, 0.4) is 0 Å². The van der Waals surface area contributed by atoms with Gasteiger partial charge in [-0.2, -0.15) is 0 Å². The van der Waals surface area contributed by atoms with Gasteiger partial charge in [-0.1, -0.05) is 18.9 Å². The predicted octanol–water partition coefficient (Wildman–Crippen LogP) is 3.32. The maximum Gasteiger partial charge on any atom is 0.338 e. The van der Waals surface area contributed by atoms with Crippen LogP contribution < -0.4 is 0 Å². The summed E-state index contributed by atoms with van der Waals surface area (Å²) < 4.78 is 27.0. The number of hydrogen-bond acceptors (Lipinski definition) is 1. The summed E-state index contributed by atoms with van der Waals surface area (Å²) in [5, 5.41) is 8.64. The summed E-state index contributed by atoms with van der Waals surface area (Å²) in [4.78, 5) is 10.6. The maximum absolute atomic E-state index is 13.6. The van der Waals surface area contributed by atoms with Gasteiger partial charge in [-0.3, -0.25) is 0 Å². The van der Waals surface area contributed by atoms with Crippen molar-refractivity contribution >= 4 is 5.97 Å². The molecule has 1 aliphatic rings. The standard InChI is InChI=1S/C12H12F2O2/c13-10-8(7-3-1-2-4-7)5-6-9(11(10)14)12(15)16/h5-7H,1-4H2,(H,15,16). The van der Waals surface area contributed by atoms with Gasteiger partial charge in [0.05, 0.1) is 5.56 Å². The largest absolute Gasteiger partial charge is 0.478 e. The first-order valence-electron chi connectivity index (χ1n) is 5.32. The zero-order chi connectivity index (χ0) is 11.7. The molecule has 1 fully saturated rings. The third-order valence-electron chi connectivity index (χ3n) is 3.14. The van der Waals surface area contributed by atoms with Crippen molar-refractivity contribution < 1.29 is 18.7 Å². The molecule has 1 saturated carbocycles. The van der Waals surface area contributed by atoms with Gasteiger partial charge in [-0.05, 0) is 30.4 Å². The molecule has 86 valence electrons. The SMILES string of the molecule is O=C(O)c1ccc(C2CCCC2)c(F)c1F. The highest BCUT2D eigenvalue weighted by molar-refractivity contribution is 5.88. The Labute approximate surface area is 91.9 Å². The third kappa shape index (κ3) is 1.79. The van der Waals surface area contributed by atoms with Crippen LogP contribution in [0.4, 0.5) is 8.78 Å². The lowest BCUT2D eigenvalue weighted by Crippen LogP contribution is -2.07. The number of rotatable bonds is 2. The van der Waals surface area contributed by atoms with Crippen molar-refractivity contribution in [2.24, 2.45) is 0 Å². The molecule has 0 spiro atoms. The van der Waals surface area contributed by atoms with Crippen molar-refractivity contribution in [1.82, 2.24) is 0 Å². The van der Waals surface area contributed by atoms with Gasteiger partial charge in [0, 0.05) is 0 Å². The van der Waals surface area contributed by atoms with E-state index in [1.54, 1.807) is 0 Å². The van der Waals surface area contributed by atoms with Crippen LogP contribution in [0.25, 0.3) is 0 Å². The van der Waals surface area contributed by atoms with Crippen LogP contribution in [0.1, 0.15) is 47.5 Å². The quantitative estimate of drug-likeness (QED) is 0.839. The minimum Gasteiger partial charge on any atom is -0.478 e. The highest BCUT2D eigenvalue weighted by Gasteiger charge is 2.24. The Balaban J connectivity index is 2.41. The van der Waals surface area contributed by atoms with Gasteiger partial charge in [0.1, 0.15) is 0 Å². The van der Waals surface area contributed by atoms with Crippen molar-refractivity contribution in [2.75, 3.05) is 0 Å². The molecule has 1 N–H and O–H groups in total. The lowest BCUT2D eigenvalue weighted by Gasteiger charge is -2.11. The Morgan fingerprint density at radius 1 is 1.19 bits per heavy atom. The zero-order valence-electron chi connectivity index (χ0n) is 8.67. The Morgan fingerprint density at radius 2 is 1.81 bits per heavy atom. The van der Waals surface area contributed by atoms with Gasteiger partial charge in [0.15, 0.2) is 11.6 Å². The van der Waals surface area contributed by atoms with Crippen LogP contribution in [-0.2, 0) is 0 Å². The molecule has 0 unspecified atom stereocenters. The molecular formula is C12H12F2O2. The summed E-state index contributed by atoms with van der Waals surface area (Å²) in [6.45, 7) is 0. The molecule has 2 rings (SSSR count). The summed E-state index contributed by atoms with van der Waals surface area (Å²) in [7, 11) is 0. The summed E-state index contributed by atoms with van der Waals surface area (Å²) in [6.07, 6.45) is 3.74. The van der Waals surface area contributed by atoms with Gasteiger partial charge >= 0.3 is 5.97 Å². The lowest BCUT2D eigenvalue weighted by molar-refractivity contribution is 0.0690. The molecule has 1 aromatic rings. The van der Waals surface area contributed by atoms with E-state index in [1.807, 2.05) is 0 Å². The fraction of sp³-hybridized carbons (Fsp3) is 0.417. The highest BCUT2D eigenvalue weighted by atomic mass is 19.2. The number of carbonyl (C=O) groups is 1. The number of halogens is 2. The maximum atomic E-state index is 13.6. The fourth-order valence-corrected chi connectivity index (χ4v) is 2.28. The number of aromatic carboxylic acids is 1. The molecule has 0 atom stereocenters. The number of hydrogen-bond donors (Lipinski definition) is 1. The molecule has 0 heterocycles. The summed E-state index contributed by atoms with van der Waals surface area (Å²) >= 11 is 0. The molecule has 0 amide bonds. The van der Waals surface area contributed by atoms with Crippen molar-refractivity contribution in [1.29, 1.82) is 0 Å². The van der Waals surface area contributed by atoms with E-state index in [2.05, 4.69) is 0 Å². The molecule has 4 heteroatoms. The minimum atomic E-state index is -1.44. The summed E-state index contributed by atoms with van der Waals surface area (Å²) in [5.41, 5.74) is -0.278. The first-order chi connectivity index (χ1) is 7.61. The van der Waals surface area contributed by atoms with Crippen molar-refractivity contribution in [3.8, 4) is 0 Å². The second kappa shape index (κ2) is 4.20. The van der Waals surface area contributed by atoms with E-state index in [4.69, 9.17) is 5.11 Å². The van der Waals surface area contributed by atoms with Crippen LogP contribution in [0.5, 0.6) is 0 Å². The van der Waals surface area contributed by atoms with Gasteiger partial charge < -0.3 is 5.11 Å². The zero-order valence-corrected chi connectivity index (χ0v) is 8.67. The topological polar surface area (TPSA) is 37.3 Å². The fourth-order valence-electron chi connectivity index (χ4n) is 2.28. The van der Waals surface area contributed by atoms with E-state index in [-0.39, 0.29) is 5.92 Å². The van der Waals surface area contributed by atoms with E-state index >= 15 is 0 Å². The van der Waals surface area contributed by atoms with Crippen LogP contribution in [-0.4, -0.2) is 11.1 Å². The first kappa shape index (κ1) is 11.0. The molecule has 1 aromatic carbocycles. The molecule has 2 nitrogen and oxygen atoms in total.